The van der Waals surface area contributed by atoms with Crippen LogP contribution in [0.1, 0.15) is 18.1 Å². The number of hydrogen-bond acceptors (Lipinski definition) is 3. The van der Waals surface area contributed by atoms with Gasteiger partial charge in [0.15, 0.2) is 0 Å². The van der Waals surface area contributed by atoms with E-state index in [1.807, 2.05) is 4.57 Å². The number of ether oxygens (including phenoxy) is 1. The molecule has 0 saturated heterocycles. The van der Waals surface area contributed by atoms with Gasteiger partial charge in [-0.3, -0.25) is 0 Å². The Labute approximate surface area is 112 Å². The number of carbonyl (C=O) groups is 1. The topological polar surface area (TPSA) is 44.1 Å². The first kappa shape index (κ1) is 13.3. The largest absolute Gasteiger partial charge is 0.463 e. The van der Waals surface area contributed by atoms with Crippen LogP contribution in [0.3, 0.4) is 0 Å². The number of fused-ring (bicyclic) bond motifs is 1. The highest BCUT2D eigenvalue weighted by molar-refractivity contribution is 5.82. The van der Waals surface area contributed by atoms with E-state index in [1.54, 1.807) is 19.3 Å². The maximum atomic E-state index is 11.2. The molecule has 0 N–H and O–H groups in total. The second kappa shape index (κ2) is 5.69. The van der Waals surface area contributed by atoms with Crippen LogP contribution in [0.5, 0.6) is 0 Å². The molecule has 100 valence electrons. The van der Waals surface area contributed by atoms with E-state index in [-0.39, 0.29) is 5.97 Å². The highest BCUT2D eigenvalue weighted by atomic mass is 16.5. The molecule has 4 nitrogen and oxygen atoms in total. The highest BCUT2D eigenvalue weighted by Gasteiger charge is 2.04. The van der Waals surface area contributed by atoms with Crippen LogP contribution in [0.15, 0.2) is 30.6 Å². The molecule has 0 radical (unpaired) electrons. The van der Waals surface area contributed by atoms with Crippen LogP contribution in [-0.2, 0) is 16.1 Å². The van der Waals surface area contributed by atoms with Gasteiger partial charge in [0.1, 0.15) is 0 Å². The fourth-order valence-corrected chi connectivity index (χ4v) is 1.91. The van der Waals surface area contributed by atoms with Crippen LogP contribution < -0.4 is 0 Å². The summed E-state index contributed by atoms with van der Waals surface area (Å²) in [4.78, 5) is 15.6. The molecule has 0 amide bonds. The molecule has 0 fully saturated rings. The molecule has 0 aliphatic heterocycles. The third-order valence-electron chi connectivity index (χ3n) is 3.08. The van der Waals surface area contributed by atoms with Crippen LogP contribution >= 0.6 is 0 Å². The molecule has 1 aromatic carbocycles. The molecule has 0 aliphatic rings. The van der Waals surface area contributed by atoms with Crippen LogP contribution in [0.4, 0.5) is 0 Å². The molecule has 2 aromatic rings. The first-order valence-corrected chi connectivity index (χ1v) is 6.37. The number of nitrogens with zero attached hydrogens (tertiary/aromatic N) is 2. The molecule has 0 saturated carbocycles. The van der Waals surface area contributed by atoms with Crippen molar-refractivity contribution < 1.29 is 9.53 Å². The lowest BCUT2D eigenvalue weighted by molar-refractivity contribution is -0.137. The van der Waals surface area contributed by atoms with Crippen molar-refractivity contribution in [1.82, 2.24) is 9.55 Å². The fourth-order valence-electron chi connectivity index (χ4n) is 1.91. The predicted octanol–water partition coefficient (Wildman–Crippen LogP) is 2.77. The van der Waals surface area contributed by atoms with E-state index in [9.17, 15) is 4.79 Å². The second-order valence-electron chi connectivity index (χ2n) is 4.48. The molecule has 19 heavy (non-hydrogen) atoms. The zero-order valence-electron chi connectivity index (χ0n) is 11.5. The van der Waals surface area contributed by atoms with Gasteiger partial charge in [-0.1, -0.05) is 6.08 Å². The van der Waals surface area contributed by atoms with Crippen molar-refractivity contribution in [3.8, 4) is 0 Å². The molecule has 1 heterocycles. The number of esters is 1. The Bertz CT molecular complexity index is 626. The molecular weight excluding hydrogens is 240 g/mol. The van der Waals surface area contributed by atoms with E-state index in [2.05, 4.69) is 31.0 Å². The Morgan fingerprint density at radius 3 is 2.84 bits per heavy atom. The monoisotopic (exact) mass is 258 g/mol. The van der Waals surface area contributed by atoms with E-state index < -0.39 is 0 Å². The first-order valence-electron chi connectivity index (χ1n) is 6.37. The SMILES string of the molecule is CCOC(=O)/C=C\Cn1cnc2cc(C)c(C)cc21. The van der Waals surface area contributed by atoms with Gasteiger partial charge in [0.2, 0.25) is 0 Å². The number of aryl methyl sites for hydroxylation is 2. The minimum atomic E-state index is -0.307. The summed E-state index contributed by atoms with van der Waals surface area (Å²) in [5, 5.41) is 0. The molecule has 2 rings (SSSR count). The summed E-state index contributed by atoms with van der Waals surface area (Å²) in [6.07, 6.45) is 5.03. The van der Waals surface area contributed by atoms with Crippen LogP contribution in [-0.4, -0.2) is 22.1 Å². The molecule has 0 spiro atoms. The Morgan fingerprint density at radius 2 is 2.11 bits per heavy atom. The van der Waals surface area contributed by atoms with E-state index >= 15 is 0 Å². The molecule has 4 heteroatoms. The first-order chi connectivity index (χ1) is 9.11. The average molecular weight is 258 g/mol. The molecule has 0 unspecified atom stereocenters. The standard InChI is InChI=1S/C15H18N2O2/c1-4-19-15(18)6-5-7-17-10-16-13-8-11(2)12(3)9-14(13)17/h5-6,8-10H,4,7H2,1-3H3/b6-5-. The van der Waals surface area contributed by atoms with E-state index in [4.69, 9.17) is 4.74 Å². The van der Waals surface area contributed by atoms with Crippen molar-refractivity contribution in [2.45, 2.75) is 27.3 Å². The van der Waals surface area contributed by atoms with E-state index in [0.29, 0.717) is 13.2 Å². The molecule has 0 aliphatic carbocycles. The van der Waals surface area contributed by atoms with Crippen molar-refractivity contribution in [3.63, 3.8) is 0 Å². The normalized spacial score (nSPS) is 11.3. The average Bonchev–Trinajstić information content (AvgIpc) is 2.73. The summed E-state index contributed by atoms with van der Waals surface area (Å²) >= 11 is 0. The summed E-state index contributed by atoms with van der Waals surface area (Å²) in [6, 6.07) is 4.20. The van der Waals surface area contributed by atoms with Gasteiger partial charge in [0.25, 0.3) is 0 Å². The predicted molar refractivity (Wildman–Crippen MR) is 75.0 cm³/mol. The maximum Gasteiger partial charge on any atom is 0.330 e. The lowest BCUT2D eigenvalue weighted by atomic mass is 10.1. The smallest absolute Gasteiger partial charge is 0.330 e. The van der Waals surface area contributed by atoms with Crippen molar-refractivity contribution >= 4 is 17.0 Å². The minimum absolute atomic E-state index is 0.307. The quantitative estimate of drug-likeness (QED) is 0.625. The molecule has 0 bridgehead atoms. The Hall–Kier alpha value is -2.10. The fraction of sp³-hybridized carbons (Fsp3) is 0.333. The zero-order valence-corrected chi connectivity index (χ0v) is 11.5. The van der Waals surface area contributed by atoms with Crippen LogP contribution in [0.2, 0.25) is 0 Å². The summed E-state index contributed by atoms with van der Waals surface area (Å²) in [5.41, 5.74) is 4.53. The van der Waals surface area contributed by atoms with Crippen LogP contribution in [0.25, 0.3) is 11.0 Å². The van der Waals surface area contributed by atoms with Gasteiger partial charge in [-0.2, -0.15) is 0 Å². The molecular formula is C15H18N2O2. The van der Waals surface area contributed by atoms with Gasteiger partial charge < -0.3 is 9.30 Å². The third kappa shape index (κ3) is 3.02. The van der Waals surface area contributed by atoms with Crippen molar-refractivity contribution in [2.24, 2.45) is 0 Å². The number of allylic oxidation sites excluding steroid dienone is 1. The molecule has 1 aromatic heterocycles. The number of carbonyl (C=O) groups excluding carboxylic acids is 1. The van der Waals surface area contributed by atoms with E-state index in [0.717, 1.165) is 11.0 Å². The van der Waals surface area contributed by atoms with E-state index in [1.165, 1.54) is 17.2 Å². The number of hydrogen-bond donors (Lipinski definition) is 0. The summed E-state index contributed by atoms with van der Waals surface area (Å²) in [5.74, 6) is -0.307. The van der Waals surface area contributed by atoms with Gasteiger partial charge in [-0.05, 0) is 44.0 Å². The summed E-state index contributed by atoms with van der Waals surface area (Å²) in [7, 11) is 0. The maximum absolute atomic E-state index is 11.2. The van der Waals surface area contributed by atoms with Gasteiger partial charge in [0.05, 0.1) is 24.0 Å². The second-order valence-corrected chi connectivity index (χ2v) is 4.48. The minimum Gasteiger partial charge on any atom is -0.463 e. The Kier molecular flexibility index (Phi) is 4.00. The lowest BCUT2D eigenvalue weighted by Gasteiger charge is -2.03. The lowest BCUT2D eigenvalue weighted by Crippen LogP contribution is -2.00. The Balaban J connectivity index is 2.17. The number of imidazole rings is 1. The van der Waals surface area contributed by atoms with Crippen LogP contribution in [0, 0.1) is 13.8 Å². The summed E-state index contributed by atoms with van der Waals surface area (Å²) in [6.45, 7) is 6.96. The Morgan fingerprint density at radius 1 is 1.37 bits per heavy atom. The number of aromatic nitrogens is 2. The number of benzene rings is 1. The van der Waals surface area contributed by atoms with Crippen molar-refractivity contribution in [2.75, 3.05) is 6.61 Å². The van der Waals surface area contributed by atoms with Gasteiger partial charge >= 0.3 is 5.97 Å². The van der Waals surface area contributed by atoms with Crippen molar-refractivity contribution in [1.29, 1.82) is 0 Å². The van der Waals surface area contributed by atoms with Crippen molar-refractivity contribution in [3.05, 3.63) is 41.7 Å². The molecule has 0 atom stereocenters. The highest BCUT2D eigenvalue weighted by Crippen LogP contribution is 2.18. The summed E-state index contributed by atoms with van der Waals surface area (Å²) < 4.78 is 6.84. The third-order valence-corrected chi connectivity index (χ3v) is 3.08. The number of rotatable bonds is 4. The van der Waals surface area contributed by atoms with Gasteiger partial charge in [-0.25, -0.2) is 9.78 Å². The van der Waals surface area contributed by atoms with Gasteiger partial charge in [-0.15, -0.1) is 0 Å². The zero-order chi connectivity index (χ0) is 13.8. The van der Waals surface area contributed by atoms with Gasteiger partial charge in [0, 0.05) is 12.6 Å².